The highest BCUT2D eigenvalue weighted by molar-refractivity contribution is 6.07. The summed E-state index contributed by atoms with van der Waals surface area (Å²) in [6.45, 7) is 2.70. The maximum absolute atomic E-state index is 11.3. The molecule has 3 rings (SSSR count). The molecule has 82 valence electrons. The van der Waals surface area contributed by atoms with Gasteiger partial charge < -0.3 is 9.64 Å². The van der Waals surface area contributed by atoms with E-state index in [2.05, 4.69) is 10.5 Å². The van der Waals surface area contributed by atoms with Crippen molar-refractivity contribution in [3.05, 3.63) is 23.8 Å². The average molecular weight is 217 g/mol. The van der Waals surface area contributed by atoms with E-state index in [1.165, 1.54) is 0 Å². The summed E-state index contributed by atoms with van der Waals surface area (Å²) in [6, 6.07) is 5.88. The normalized spacial score (nSPS) is 17.9. The molecule has 0 atom stereocenters. The summed E-state index contributed by atoms with van der Waals surface area (Å²) in [5, 5.41) is 3.98. The Bertz CT molecular complexity index is 496. The number of fused-ring (bicyclic) bond motifs is 3. The van der Waals surface area contributed by atoms with E-state index in [4.69, 9.17) is 4.74 Å². The van der Waals surface area contributed by atoms with Gasteiger partial charge in [0.2, 0.25) is 0 Å². The van der Waals surface area contributed by atoms with Gasteiger partial charge in [0.05, 0.1) is 5.69 Å². The number of hydrogen-bond acceptors (Lipinski definition) is 4. The molecule has 1 aromatic carbocycles. The molecular weight excluding hydrogens is 206 g/mol. The van der Waals surface area contributed by atoms with Crippen LogP contribution < -0.4 is 15.1 Å². The van der Waals surface area contributed by atoms with Crippen LogP contribution in [0.4, 0.5) is 5.69 Å². The Balaban J connectivity index is 2.12. The standard InChI is InChI=1S/C11H11N3O2/c1-7-3-2-4-8-11(7)16-6-9-12-13-10(15)5-14(8)9/h2-4H,5-6H2,1H3,(H,13,15). The SMILES string of the molecule is Cc1cccc2c1OCC1=NNC(=O)CN12. The molecule has 0 fully saturated rings. The fourth-order valence-corrected chi connectivity index (χ4v) is 1.97. The highest BCUT2D eigenvalue weighted by Crippen LogP contribution is 2.35. The predicted octanol–water partition coefficient (Wildman–Crippen LogP) is 0.637. The number of carbonyl (C=O) groups is 1. The summed E-state index contributed by atoms with van der Waals surface area (Å²) in [6.07, 6.45) is 0. The number of rotatable bonds is 0. The van der Waals surface area contributed by atoms with Gasteiger partial charge in [-0.15, -0.1) is 0 Å². The van der Waals surface area contributed by atoms with E-state index >= 15 is 0 Å². The number of benzene rings is 1. The molecule has 16 heavy (non-hydrogen) atoms. The second-order valence-corrected chi connectivity index (χ2v) is 3.86. The van der Waals surface area contributed by atoms with E-state index in [0.29, 0.717) is 13.2 Å². The zero-order valence-corrected chi connectivity index (χ0v) is 8.86. The number of aryl methyl sites for hydroxylation is 1. The van der Waals surface area contributed by atoms with Crippen LogP contribution >= 0.6 is 0 Å². The summed E-state index contributed by atoms with van der Waals surface area (Å²) in [4.78, 5) is 13.2. The number of nitrogens with one attached hydrogen (secondary N) is 1. The highest BCUT2D eigenvalue weighted by Gasteiger charge is 2.29. The van der Waals surface area contributed by atoms with Crippen LogP contribution in [0.15, 0.2) is 23.3 Å². The van der Waals surface area contributed by atoms with Crippen LogP contribution in [0.3, 0.4) is 0 Å². The fourth-order valence-electron chi connectivity index (χ4n) is 1.97. The number of hydrazone groups is 1. The molecule has 5 nitrogen and oxygen atoms in total. The second kappa shape index (κ2) is 3.23. The van der Waals surface area contributed by atoms with Crippen molar-refractivity contribution in [1.29, 1.82) is 0 Å². The van der Waals surface area contributed by atoms with Gasteiger partial charge in [0.15, 0.2) is 5.84 Å². The first-order chi connectivity index (χ1) is 7.75. The van der Waals surface area contributed by atoms with Gasteiger partial charge in [-0.2, -0.15) is 5.10 Å². The van der Waals surface area contributed by atoms with Gasteiger partial charge in [-0.1, -0.05) is 12.1 Å². The first-order valence-electron chi connectivity index (χ1n) is 5.11. The van der Waals surface area contributed by atoms with Gasteiger partial charge in [0, 0.05) is 0 Å². The molecule has 0 bridgehead atoms. The smallest absolute Gasteiger partial charge is 0.260 e. The molecule has 1 amide bonds. The van der Waals surface area contributed by atoms with Crippen molar-refractivity contribution in [2.75, 3.05) is 18.1 Å². The van der Waals surface area contributed by atoms with E-state index in [1.54, 1.807) is 0 Å². The molecule has 2 heterocycles. The molecule has 0 saturated carbocycles. The molecule has 0 radical (unpaired) electrons. The molecule has 0 spiro atoms. The Morgan fingerprint density at radius 1 is 1.50 bits per heavy atom. The lowest BCUT2D eigenvalue weighted by atomic mass is 10.1. The lowest BCUT2D eigenvalue weighted by Crippen LogP contribution is -2.49. The summed E-state index contributed by atoms with van der Waals surface area (Å²) in [5.41, 5.74) is 4.44. The Kier molecular flexibility index (Phi) is 1.86. The zero-order valence-electron chi connectivity index (χ0n) is 8.86. The van der Waals surface area contributed by atoms with E-state index in [0.717, 1.165) is 22.8 Å². The molecule has 2 aliphatic heterocycles. The van der Waals surface area contributed by atoms with Crippen molar-refractivity contribution in [3.8, 4) is 5.75 Å². The van der Waals surface area contributed by atoms with Crippen molar-refractivity contribution in [2.24, 2.45) is 5.10 Å². The first kappa shape index (κ1) is 9.21. The van der Waals surface area contributed by atoms with Crippen LogP contribution in [0.2, 0.25) is 0 Å². The zero-order chi connectivity index (χ0) is 11.1. The minimum Gasteiger partial charge on any atom is -0.483 e. The number of carbonyl (C=O) groups excluding carboxylic acids is 1. The molecule has 0 saturated heterocycles. The number of amidine groups is 1. The fraction of sp³-hybridized carbons (Fsp3) is 0.273. The van der Waals surface area contributed by atoms with Gasteiger partial charge in [-0.05, 0) is 18.6 Å². The molecular formula is C11H11N3O2. The number of hydrogen-bond donors (Lipinski definition) is 1. The Morgan fingerprint density at radius 2 is 2.38 bits per heavy atom. The van der Waals surface area contributed by atoms with Crippen LogP contribution in [0.1, 0.15) is 5.56 Å². The summed E-state index contributed by atoms with van der Waals surface area (Å²) < 4.78 is 5.64. The van der Waals surface area contributed by atoms with Crippen molar-refractivity contribution >= 4 is 17.4 Å². The average Bonchev–Trinajstić information content (AvgIpc) is 2.29. The molecule has 2 aliphatic rings. The minimum absolute atomic E-state index is 0.0990. The maximum Gasteiger partial charge on any atom is 0.260 e. The highest BCUT2D eigenvalue weighted by atomic mass is 16.5. The third-order valence-corrected chi connectivity index (χ3v) is 2.75. The van der Waals surface area contributed by atoms with Crippen LogP contribution in [0.5, 0.6) is 5.75 Å². The maximum atomic E-state index is 11.3. The number of nitrogens with zero attached hydrogens (tertiary/aromatic N) is 2. The van der Waals surface area contributed by atoms with Gasteiger partial charge in [0.25, 0.3) is 5.91 Å². The van der Waals surface area contributed by atoms with E-state index in [1.807, 2.05) is 30.0 Å². The van der Waals surface area contributed by atoms with Crippen LogP contribution in [-0.2, 0) is 4.79 Å². The lowest BCUT2D eigenvalue weighted by molar-refractivity contribution is -0.119. The molecule has 1 aromatic rings. The lowest BCUT2D eigenvalue weighted by Gasteiger charge is -2.34. The van der Waals surface area contributed by atoms with Crippen LogP contribution in [0.25, 0.3) is 0 Å². The molecule has 0 unspecified atom stereocenters. The second-order valence-electron chi connectivity index (χ2n) is 3.86. The van der Waals surface area contributed by atoms with Crippen molar-refractivity contribution in [3.63, 3.8) is 0 Å². The molecule has 0 aliphatic carbocycles. The molecule has 0 aromatic heterocycles. The largest absolute Gasteiger partial charge is 0.483 e. The Labute approximate surface area is 92.7 Å². The quantitative estimate of drug-likeness (QED) is 0.693. The van der Waals surface area contributed by atoms with Crippen LogP contribution in [-0.4, -0.2) is 24.9 Å². The van der Waals surface area contributed by atoms with Crippen molar-refractivity contribution in [1.82, 2.24) is 5.43 Å². The number of ether oxygens (including phenoxy) is 1. The first-order valence-corrected chi connectivity index (χ1v) is 5.11. The number of amides is 1. The molecule has 1 N–H and O–H groups in total. The van der Waals surface area contributed by atoms with Gasteiger partial charge >= 0.3 is 0 Å². The van der Waals surface area contributed by atoms with Crippen LogP contribution in [0, 0.1) is 6.92 Å². The number of anilines is 1. The van der Waals surface area contributed by atoms with E-state index in [-0.39, 0.29) is 5.91 Å². The third-order valence-electron chi connectivity index (χ3n) is 2.75. The van der Waals surface area contributed by atoms with E-state index in [9.17, 15) is 4.79 Å². The van der Waals surface area contributed by atoms with Crippen molar-refractivity contribution < 1.29 is 9.53 Å². The van der Waals surface area contributed by atoms with E-state index < -0.39 is 0 Å². The topological polar surface area (TPSA) is 53.9 Å². The molecule has 5 heteroatoms. The van der Waals surface area contributed by atoms with Gasteiger partial charge in [0.1, 0.15) is 18.9 Å². The monoisotopic (exact) mass is 217 g/mol. The summed E-state index contributed by atoms with van der Waals surface area (Å²) in [7, 11) is 0. The number of para-hydroxylation sites is 1. The third kappa shape index (κ3) is 1.25. The Hall–Kier alpha value is -2.04. The van der Waals surface area contributed by atoms with Crippen molar-refractivity contribution in [2.45, 2.75) is 6.92 Å². The predicted molar refractivity (Wildman–Crippen MR) is 59.6 cm³/mol. The Morgan fingerprint density at radius 3 is 3.25 bits per heavy atom. The summed E-state index contributed by atoms with van der Waals surface area (Å²) in [5.74, 6) is 1.49. The summed E-state index contributed by atoms with van der Waals surface area (Å²) >= 11 is 0. The minimum atomic E-state index is -0.0990. The van der Waals surface area contributed by atoms with Gasteiger partial charge in [-0.3, -0.25) is 4.79 Å². The van der Waals surface area contributed by atoms with Gasteiger partial charge in [-0.25, -0.2) is 5.43 Å².